The van der Waals surface area contributed by atoms with Gasteiger partial charge >= 0.3 is 0 Å². The van der Waals surface area contributed by atoms with Crippen LogP contribution in [0.15, 0.2) is 152 Å². The van der Waals surface area contributed by atoms with Crippen LogP contribution in [0, 0.1) is 0 Å². The lowest BCUT2D eigenvalue weighted by Gasteiger charge is -2.18. The molecule has 0 bridgehead atoms. The maximum Gasteiger partial charge on any atom is 0.0352 e. The lowest BCUT2D eigenvalue weighted by Crippen LogP contribution is -2.00. The van der Waals surface area contributed by atoms with E-state index in [-0.39, 0.29) is 5.92 Å². The molecule has 6 aromatic carbocycles. The van der Waals surface area contributed by atoms with Gasteiger partial charge in [0, 0.05) is 5.92 Å². The first-order valence-electron chi connectivity index (χ1n) is 12.9. The number of benzene rings is 6. The first-order chi connectivity index (χ1) is 18.3. The molecule has 0 N–H and O–H groups in total. The molecule has 0 fully saturated rings. The third-order valence-electron chi connectivity index (χ3n) is 7.54. The molecular weight excluding hydrogens is 444 g/mol. The third-order valence-corrected chi connectivity index (χ3v) is 7.54. The molecule has 6 aromatic rings. The fourth-order valence-corrected chi connectivity index (χ4v) is 5.78. The first kappa shape index (κ1) is 21.6. The average Bonchev–Trinajstić information content (AvgIpc) is 3.32. The Morgan fingerprint density at radius 2 is 0.784 bits per heavy atom. The van der Waals surface area contributed by atoms with Crippen molar-refractivity contribution in [3.63, 3.8) is 0 Å². The van der Waals surface area contributed by atoms with E-state index in [9.17, 15) is 0 Å². The zero-order valence-electron chi connectivity index (χ0n) is 20.5. The summed E-state index contributed by atoms with van der Waals surface area (Å²) < 4.78 is 0. The summed E-state index contributed by atoms with van der Waals surface area (Å²) in [5.41, 5.74) is 14.3. The van der Waals surface area contributed by atoms with Gasteiger partial charge in [0.2, 0.25) is 0 Å². The monoisotopic (exact) mass is 470 g/mol. The van der Waals surface area contributed by atoms with Crippen LogP contribution in [0.1, 0.15) is 22.6 Å². The number of hydrogen-bond donors (Lipinski definition) is 0. The third kappa shape index (κ3) is 3.88. The van der Waals surface area contributed by atoms with Gasteiger partial charge in [-0.1, -0.05) is 140 Å². The van der Waals surface area contributed by atoms with Crippen molar-refractivity contribution < 1.29 is 0 Å². The summed E-state index contributed by atoms with van der Waals surface area (Å²) in [4.78, 5) is 0. The summed E-state index contributed by atoms with van der Waals surface area (Å²) in [7, 11) is 0. The quantitative estimate of drug-likeness (QED) is 0.240. The zero-order valence-corrected chi connectivity index (χ0v) is 20.5. The maximum absolute atomic E-state index is 2.39. The molecule has 0 spiro atoms. The van der Waals surface area contributed by atoms with E-state index in [2.05, 4.69) is 152 Å². The predicted octanol–water partition coefficient (Wildman–Crippen LogP) is 9.85. The second kappa shape index (κ2) is 9.08. The molecule has 1 atom stereocenters. The SMILES string of the molecule is c1ccc(-c2cc(-c3ccccc3)cc(C3c4ccccc4-c4cc(-c5ccccc5)ccc43)c2)cc1. The van der Waals surface area contributed by atoms with Gasteiger partial charge in [0.05, 0.1) is 0 Å². The van der Waals surface area contributed by atoms with Crippen molar-refractivity contribution in [1.29, 1.82) is 0 Å². The maximum atomic E-state index is 2.39. The smallest absolute Gasteiger partial charge is 0.0352 e. The minimum Gasteiger partial charge on any atom is -0.0622 e. The minimum atomic E-state index is 0.196. The molecular formula is C37H26. The van der Waals surface area contributed by atoms with Crippen molar-refractivity contribution >= 4 is 0 Å². The van der Waals surface area contributed by atoms with Crippen molar-refractivity contribution in [1.82, 2.24) is 0 Å². The number of hydrogen-bond acceptors (Lipinski definition) is 0. The molecule has 7 rings (SSSR count). The van der Waals surface area contributed by atoms with Gasteiger partial charge in [0.1, 0.15) is 0 Å². The van der Waals surface area contributed by atoms with E-state index in [4.69, 9.17) is 0 Å². The summed E-state index contributed by atoms with van der Waals surface area (Å²) in [6, 6.07) is 55.2. The summed E-state index contributed by atoms with van der Waals surface area (Å²) in [5.74, 6) is 0.196. The van der Waals surface area contributed by atoms with Gasteiger partial charge in [-0.3, -0.25) is 0 Å². The predicted molar refractivity (Wildman–Crippen MR) is 156 cm³/mol. The van der Waals surface area contributed by atoms with Crippen LogP contribution in [0.25, 0.3) is 44.5 Å². The summed E-state index contributed by atoms with van der Waals surface area (Å²) >= 11 is 0. The lowest BCUT2D eigenvalue weighted by atomic mass is 9.85. The topological polar surface area (TPSA) is 0 Å². The van der Waals surface area contributed by atoms with Crippen LogP contribution in [-0.4, -0.2) is 0 Å². The largest absolute Gasteiger partial charge is 0.0622 e. The molecule has 174 valence electrons. The van der Waals surface area contributed by atoms with Crippen LogP contribution in [0.3, 0.4) is 0 Å². The van der Waals surface area contributed by atoms with Crippen LogP contribution in [0.2, 0.25) is 0 Å². The molecule has 0 saturated heterocycles. The lowest BCUT2D eigenvalue weighted by molar-refractivity contribution is 1.02. The Morgan fingerprint density at radius 1 is 0.297 bits per heavy atom. The van der Waals surface area contributed by atoms with E-state index < -0.39 is 0 Å². The number of rotatable bonds is 4. The van der Waals surface area contributed by atoms with Crippen molar-refractivity contribution in [3.8, 4) is 44.5 Å². The molecule has 0 amide bonds. The van der Waals surface area contributed by atoms with Crippen LogP contribution in [0.5, 0.6) is 0 Å². The van der Waals surface area contributed by atoms with Crippen LogP contribution < -0.4 is 0 Å². The first-order valence-corrected chi connectivity index (χ1v) is 12.9. The molecule has 0 heterocycles. The molecule has 0 aliphatic heterocycles. The van der Waals surface area contributed by atoms with Gasteiger partial charge < -0.3 is 0 Å². The molecule has 1 unspecified atom stereocenters. The van der Waals surface area contributed by atoms with Crippen molar-refractivity contribution in [2.75, 3.05) is 0 Å². The normalized spacial score (nSPS) is 13.7. The summed E-state index contributed by atoms with van der Waals surface area (Å²) in [5, 5.41) is 0. The van der Waals surface area contributed by atoms with Gasteiger partial charge in [-0.05, 0) is 73.3 Å². The van der Waals surface area contributed by atoms with Gasteiger partial charge in [0.25, 0.3) is 0 Å². The van der Waals surface area contributed by atoms with Crippen LogP contribution >= 0.6 is 0 Å². The second-order valence-electron chi connectivity index (χ2n) is 9.76. The molecule has 0 aromatic heterocycles. The fraction of sp³-hybridized carbons (Fsp3) is 0.0270. The molecule has 0 saturated carbocycles. The van der Waals surface area contributed by atoms with E-state index >= 15 is 0 Å². The van der Waals surface area contributed by atoms with Crippen LogP contribution in [-0.2, 0) is 0 Å². The van der Waals surface area contributed by atoms with E-state index in [1.807, 2.05) is 0 Å². The van der Waals surface area contributed by atoms with E-state index in [0.717, 1.165) is 0 Å². The zero-order chi connectivity index (χ0) is 24.6. The molecule has 1 aliphatic carbocycles. The van der Waals surface area contributed by atoms with Crippen molar-refractivity contribution in [3.05, 3.63) is 168 Å². The van der Waals surface area contributed by atoms with E-state index in [1.54, 1.807) is 0 Å². The molecule has 0 heteroatoms. The van der Waals surface area contributed by atoms with E-state index in [1.165, 1.54) is 61.2 Å². The Hall–Kier alpha value is -4.68. The Morgan fingerprint density at radius 3 is 1.38 bits per heavy atom. The number of fused-ring (bicyclic) bond motifs is 3. The fourth-order valence-electron chi connectivity index (χ4n) is 5.78. The Labute approximate surface area is 218 Å². The highest BCUT2D eigenvalue weighted by atomic mass is 14.3. The van der Waals surface area contributed by atoms with Crippen LogP contribution in [0.4, 0.5) is 0 Å². The highest BCUT2D eigenvalue weighted by Gasteiger charge is 2.30. The van der Waals surface area contributed by atoms with Gasteiger partial charge in [-0.15, -0.1) is 0 Å². The van der Waals surface area contributed by atoms with Gasteiger partial charge in [-0.2, -0.15) is 0 Å². The van der Waals surface area contributed by atoms with Crippen molar-refractivity contribution in [2.45, 2.75) is 5.92 Å². The summed E-state index contributed by atoms with van der Waals surface area (Å²) in [6.45, 7) is 0. The molecule has 1 aliphatic rings. The van der Waals surface area contributed by atoms with Gasteiger partial charge in [-0.25, -0.2) is 0 Å². The minimum absolute atomic E-state index is 0.196. The summed E-state index contributed by atoms with van der Waals surface area (Å²) in [6.07, 6.45) is 0. The highest BCUT2D eigenvalue weighted by Crippen LogP contribution is 2.50. The van der Waals surface area contributed by atoms with E-state index in [0.29, 0.717) is 0 Å². The second-order valence-corrected chi connectivity index (χ2v) is 9.76. The van der Waals surface area contributed by atoms with Crippen molar-refractivity contribution in [2.24, 2.45) is 0 Å². The average molecular weight is 471 g/mol. The Kier molecular flexibility index (Phi) is 5.30. The standard InChI is InChI=1S/C37H26/c1-4-12-26(13-5-1)29-20-21-35-36(25-29)33-18-10-11-19-34(33)37(35)32-23-30(27-14-6-2-7-15-27)22-31(24-32)28-16-8-3-9-17-28/h1-25,37H. The molecule has 0 radical (unpaired) electrons. The Balaban J connectivity index is 1.44. The Bertz CT molecular complexity index is 1640. The molecule has 37 heavy (non-hydrogen) atoms. The molecule has 0 nitrogen and oxygen atoms in total. The highest BCUT2D eigenvalue weighted by molar-refractivity contribution is 5.85. The van der Waals surface area contributed by atoms with Gasteiger partial charge in [0.15, 0.2) is 0 Å².